The highest BCUT2D eigenvalue weighted by Gasteiger charge is 2.17. The van der Waals surface area contributed by atoms with E-state index in [1.165, 1.54) is 16.7 Å². The molecule has 0 heterocycles. The third-order valence-electron chi connectivity index (χ3n) is 6.25. The highest BCUT2D eigenvalue weighted by molar-refractivity contribution is 6.32. The van der Waals surface area contributed by atoms with Gasteiger partial charge in [-0.1, -0.05) is 60.1 Å². The number of benzene rings is 5. The first-order chi connectivity index (χ1) is 17.5. The summed E-state index contributed by atoms with van der Waals surface area (Å²) in [6, 6.07) is 42.6. The third kappa shape index (κ3) is 5.06. The first kappa shape index (κ1) is 23.5. The molecular formula is C33H29BN2. The average Bonchev–Trinajstić information content (AvgIpc) is 2.85. The predicted octanol–water partition coefficient (Wildman–Crippen LogP) is 8.35. The average molecular weight is 464 g/mol. The minimum absolute atomic E-state index is 0.738. The van der Waals surface area contributed by atoms with Crippen LogP contribution in [0, 0.1) is 20.8 Å². The Morgan fingerprint density at radius 1 is 0.389 bits per heavy atom. The summed E-state index contributed by atoms with van der Waals surface area (Å²) in [6.07, 6.45) is 0. The molecule has 0 atom stereocenters. The Bertz CT molecular complexity index is 1310. The van der Waals surface area contributed by atoms with Crippen LogP contribution < -0.4 is 15.3 Å². The molecule has 0 fully saturated rings. The van der Waals surface area contributed by atoms with Crippen LogP contribution in [0.3, 0.4) is 0 Å². The van der Waals surface area contributed by atoms with Crippen molar-refractivity contribution in [1.82, 2.24) is 0 Å². The van der Waals surface area contributed by atoms with Gasteiger partial charge in [-0.05, 0) is 104 Å². The van der Waals surface area contributed by atoms with E-state index in [1.54, 1.807) is 0 Å². The third-order valence-corrected chi connectivity index (χ3v) is 6.25. The molecule has 0 aliphatic rings. The van der Waals surface area contributed by atoms with Crippen molar-refractivity contribution in [1.29, 1.82) is 0 Å². The van der Waals surface area contributed by atoms with Crippen molar-refractivity contribution in [2.24, 2.45) is 0 Å². The van der Waals surface area contributed by atoms with Crippen LogP contribution in [-0.2, 0) is 0 Å². The minimum Gasteiger partial charge on any atom is -0.310 e. The highest BCUT2D eigenvalue weighted by atomic mass is 15.2. The lowest BCUT2D eigenvalue weighted by Gasteiger charge is -2.30. The molecule has 0 aromatic heterocycles. The molecule has 36 heavy (non-hydrogen) atoms. The molecule has 5 aromatic rings. The highest BCUT2D eigenvalue weighted by Crippen LogP contribution is 2.40. The summed E-state index contributed by atoms with van der Waals surface area (Å²) in [5, 5.41) is 0. The Hall–Kier alpha value is -4.24. The van der Waals surface area contributed by atoms with Gasteiger partial charge in [-0.2, -0.15) is 0 Å². The maximum absolute atomic E-state index is 6.21. The van der Waals surface area contributed by atoms with Crippen LogP contribution in [-0.4, -0.2) is 7.85 Å². The summed E-state index contributed by atoms with van der Waals surface area (Å²) in [7, 11) is 6.21. The lowest BCUT2D eigenvalue weighted by atomic mass is 9.95. The number of nitrogens with zero attached hydrogens (tertiary/aromatic N) is 2. The summed E-state index contributed by atoms with van der Waals surface area (Å²) in [6.45, 7) is 6.38. The summed E-state index contributed by atoms with van der Waals surface area (Å²) in [5.41, 5.74) is 10.9. The second-order valence-corrected chi connectivity index (χ2v) is 9.30. The van der Waals surface area contributed by atoms with Gasteiger partial charge in [0.05, 0.1) is 0 Å². The van der Waals surface area contributed by atoms with Gasteiger partial charge in [0.2, 0.25) is 0 Å². The van der Waals surface area contributed by atoms with Gasteiger partial charge in [-0.25, -0.2) is 0 Å². The van der Waals surface area contributed by atoms with E-state index in [-0.39, 0.29) is 0 Å². The van der Waals surface area contributed by atoms with Crippen molar-refractivity contribution < 1.29 is 0 Å². The van der Waals surface area contributed by atoms with E-state index in [0.717, 1.165) is 39.6 Å². The fraction of sp³-hybridized carbons (Fsp3) is 0.0909. The van der Waals surface area contributed by atoms with E-state index in [4.69, 9.17) is 7.85 Å². The van der Waals surface area contributed by atoms with Gasteiger partial charge in [0.25, 0.3) is 0 Å². The SMILES string of the molecule is [B]c1cccc(N(c2cccc(C)c2)c2cccc(N(c3cccc(C)c3)c3cccc(C)c3)c2)c1. The summed E-state index contributed by atoms with van der Waals surface area (Å²) < 4.78 is 0. The zero-order valence-electron chi connectivity index (χ0n) is 21.0. The molecule has 0 bridgehead atoms. The maximum Gasteiger partial charge on any atom is 0.113 e. The van der Waals surface area contributed by atoms with Gasteiger partial charge >= 0.3 is 0 Å². The number of rotatable bonds is 6. The maximum atomic E-state index is 6.21. The number of hydrogen-bond donors (Lipinski definition) is 0. The largest absolute Gasteiger partial charge is 0.310 e. The van der Waals surface area contributed by atoms with E-state index < -0.39 is 0 Å². The molecule has 3 heteroatoms. The summed E-state index contributed by atoms with van der Waals surface area (Å²) in [5.74, 6) is 0. The minimum atomic E-state index is 0.738. The zero-order chi connectivity index (χ0) is 25.1. The summed E-state index contributed by atoms with van der Waals surface area (Å²) in [4.78, 5) is 4.58. The number of aryl methyl sites for hydroxylation is 3. The fourth-order valence-corrected chi connectivity index (χ4v) is 4.63. The second kappa shape index (κ2) is 10.2. The van der Waals surface area contributed by atoms with Crippen LogP contribution in [0.1, 0.15) is 16.7 Å². The van der Waals surface area contributed by atoms with E-state index >= 15 is 0 Å². The Kier molecular flexibility index (Phi) is 6.64. The van der Waals surface area contributed by atoms with Crippen molar-refractivity contribution in [3.8, 4) is 0 Å². The van der Waals surface area contributed by atoms with E-state index in [9.17, 15) is 0 Å². The van der Waals surface area contributed by atoms with Gasteiger partial charge in [-0.3, -0.25) is 0 Å². The van der Waals surface area contributed by atoms with Crippen molar-refractivity contribution >= 4 is 47.4 Å². The van der Waals surface area contributed by atoms with E-state index in [0.29, 0.717) is 0 Å². The molecule has 0 saturated heterocycles. The molecule has 0 unspecified atom stereocenters. The van der Waals surface area contributed by atoms with Crippen molar-refractivity contribution in [2.75, 3.05) is 9.80 Å². The van der Waals surface area contributed by atoms with Crippen molar-refractivity contribution in [3.63, 3.8) is 0 Å². The molecule has 0 amide bonds. The Morgan fingerprint density at radius 2 is 0.694 bits per heavy atom. The van der Waals surface area contributed by atoms with Crippen LogP contribution in [0.4, 0.5) is 34.1 Å². The standard InChI is InChI=1S/C33H29BN2/c1-24-9-4-13-28(19-24)35(29-14-5-10-25(2)20-29)32-17-8-18-33(23-32)36(30-15-6-11-26(3)21-30)31-16-7-12-27(34)22-31/h4-23H,1-3H3. The predicted molar refractivity (Wildman–Crippen MR) is 155 cm³/mol. The van der Waals surface area contributed by atoms with E-state index in [2.05, 4.69) is 134 Å². The number of anilines is 6. The molecule has 0 aliphatic carbocycles. The first-order valence-electron chi connectivity index (χ1n) is 12.2. The van der Waals surface area contributed by atoms with Crippen LogP contribution in [0.15, 0.2) is 121 Å². The molecular weight excluding hydrogens is 435 g/mol. The molecule has 5 rings (SSSR count). The lowest BCUT2D eigenvalue weighted by Crippen LogP contribution is -2.15. The van der Waals surface area contributed by atoms with Gasteiger partial charge in [0.15, 0.2) is 0 Å². The van der Waals surface area contributed by atoms with Crippen LogP contribution in [0.5, 0.6) is 0 Å². The Morgan fingerprint density at radius 3 is 1.06 bits per heavy atom. The van der Waals surface area contributed by atoms with Crippen LogP contribution in [0.25, 0.3) is 0 Å². The number of hydrogen-bond acceptors (Lipinski definition) is 2. The van der Waals surface area contributed by atoms with E-state index in [1.807, 2.05) is 18.2 Å². The van der Waals surface area contributed by atoms with Crippen LogP contribution >= 0.6 is 0 Å². The molecule has 0 spiro atoms. The van der Waals surface area contributed by atoms with Gasteiger partial charge in [-0.15, -0.1) is 0 Å². The van der Waals surface area contributed by atoms with Crippen molar-refractivity contribution in [2.45, 2.75) is 20.8 Å². The van der Waals surface area contributed by atoms with Gasteiger partial charge < -0.3 is 9.80 Å². The van der Waals surface area contributed by atoms with Crippen molar-refractivity contribution in [3.05, 3.63) is 138 Å². The lowest BCUT2D eigenvalue weighted by molar-refractivity contribution is 1.24. The van der Waals surface area contributed by atoms with Gasteiger partial charge in [0, 0.05) is 34.1 Å². The quantitative estimate of drug-likeness (QED) is 0.233. The normalized spacial score (nSPS) is 10.8. The zero-order valence-corrected chi connectivity index (χ0v) is 21.0. The molecule has 2 nitrogen and oxygen atoms in total. The molecule has 5 aromatic carbocycles. The van der Waals surface area contributed by atoms with Crippen LogP contribution in [0.2, 0.25) is 0 Å². The van der Waals surface area contributed by atoms with Gasteiger partial charge in [0.1, 0.15) is 7.85 Å². The first-order valence-corrected chi connectivity index (χ1v) is 12.2. The topological polar surface area (TPSA) is 6.48 Å². The monoisotopic (exact) mass is 464 g/mol. The second-order valence-electron chi connectivity index (χ2n) is 9.30. The molecule has 0 aliphatic heterocycles. The molecule has 0 N–H and O–H groups in total. The Balaban J connectivity index is 1.69. The molecule has 0 saturated carbocycles. The fourth-order valence-electron chi connectivity index (χ4n) is 4.63. The summed E-state index contributed by atoms with van der Waals surface area (Å²) >= 11 is 0. The Labute approximate surface area is 215 Å². The molecule has 174 valence electrons. The smallest absolute Gasteiger partial charge is 0.113 e. The molecule has 2 radical (unpaired) electrons.